The summed E-state index contributed by atoms with van der Waals surface area (Å²) in [6.45, 7) is 5.02. The van der Waals surface area contributed by atoms with E-state index in [0.717, 1.165) is 13.1 Å². The second-order valence-electron chi connectivity index (χ2n) is 3.34. The summed E-state index contributed by atoms with van der Waals surface area (Å²) in [4.78, 5) is 1.92. The van der Waals surface area contributed by atoms with Crippen LogP contribution in [0.15, 0.2) is 0 Å². The van der Waals surface area contributed by atoms with E-state index in [9.17, 15) is 0 Å². The highest BCUT2D eigenvalue weighted by atomic mass is 16.3. The van der Waals surface area contributed by atoms with Crippen LogP contribution in [0.5, 0.6) is 0 Å². The number of nitrogens with zero attached hydrogens (tertiary/aromatic N) is 1. The fourth-order valence-corrected chi connectivity index (χ4v) is 1.11. The summed E-state index contributed by atoms with van der Waals surface area (Å²) in [7, 11) is 0. The Morgan fingerprint density at radius 3 is 1.71 bits per heavy atom. The lowest BCUT2D eigenvalue weighted by atomic mass is 10.4. The highest BCUT2D eigenvalue weighted by molar-refractivity contribution is 4.55. The standard InChI is InChI=1S/C6H16N2O2.C4H12N2O/c7-1-2-8(3-5-9)4-6-10;5-1-2-6-3-4-7/h9-10H,1-7H2;6-7H,1-5H2. The molecule has 7 heteroatoms. The van der Waals surface area contributed by atoms with Crippen LogP contribution in [0.1, 0.15) is 0 Å². The van der Waals surface area contributed by atoms with Crippen LogP contribution in [0.25, 0.3) is 0 Å². The highest BCUT2D eigenvalue weighted by Crippen LogP contribution is 1.83. The molecule has 0 saturated carbocycles. The van der Waals surface area contributed by atoms with Gasteiger partial charge in [0.15, 0.2) is 0 Å². The molecule has 0 fully saturated rings. The van der Waals surface area contributed by atoms with Crippen molar-refractivity contribution in [1.29, 1.82) is 0 Å². The zero-order valence-electron chi connectivity index (χ0n) is 10.5. The lowest BCUT2D eigenvalue weighted by molar-refractivity contribution is 0.164. The Morgan fingerprint density at radius 1 is 0.765 bits per heavy atom. The summed E-state index contributed by atoms with van der Waals surface area (Å²) in [5.41, 5.74) is 10.4. The fraction of sp³-hybridized carbons (Fsp3) is 1.00. The van der Waals surface area contributed by atoms with Crippen molar-refractivity contribution in [2.75, 3.05) is 65.6 Å². The average molecular weight is 252 g/mol. The van der Waals surface area contributed by atoms with Gasteiger partial charge in [-0.25, -0.2) is 0 Å². The molecule has 0 aromatic carbocycles. The smallest absolute Gasteiger partial charge is 0.0558 e. The van der Waals surface area contributed by atoms with Gasteiger partial charge in [-0.15, -0.1) is 0 Å². The zero-order chi connectivity index (χ0) is 13.4. The van der Waals surface area contributed by atoms with Crippen LogP contribution in [0.3, 0.4) is 0 Å². The maximum Gasteiger partial charge on any atom is 0.0558 e. The third kappa shape index (κ3) is 18.3. The van der Waals surface area contributed by atoms with E-state index in [0.29, 0.717) is 32.7 Å². The molecule has 0 spiro atoms. The molecule has 0 unspecified atom stereocenters. The molecular weight excluding hydrogens is 224 g/mol. The maximum atomic E-state index is 8.53. The van der Waals surface area contributed by atoms with Crippen molar-refractivity contribution in [3.63, 3.8) is 0 Å². The van der Waals surface area contributed by atoms with Gasteiger partial charge in [-0.05, 0) is 0 Å². The molecule has 0 radical (unpaired) electrons. The van der Waals surface area contributed by atoms with Crippen molar-refractivity contribution in [3.05, 3.63) is 0 Å². The summed E-state index contributed by atoms with van der Waals surface area (Å²) in [6, 6.07) is 0. The van der Waals surface area contributed by atoms with E-state index >= 15 is 0 Å². The van der Waals surface area contributed by atoms with E-state index in [2.05, 4.69) is 5.32 Å². The molecule has 106 valence electrons. The molecule has 0 rings (SSSR count). The van der Waals surface area contributed by atoms with Gasteiger partial charge in [0.1, 0.15) is 0 Å². The van der Waals surface area contributed by atoms with Crippen LogP contribution in [-0.4, -0.2) is 85.9 Å². The number of nitrogens with one attached hydrogen (secondary N) is 1. The highest BCUT2D eigenvalue weighted by Gasteiger charge is 1.99. The number of hydrogen-bond donors (Lipinski definition) is 6. The Labute approximate surface area is 103 Å². The van der Waals surface area contributed by atoms with Crippen LogP contribution in [0.2, 0.25) is 0 Å². The molecule has 0 aromatic heterocycles. The predicted octanol–water partition coefficient (Wildman–Crippen LogP) is -3.24. The summed E-state index contributed by atoms with van der Waals surface area (Å²) < 4.78 is 0. The molecule has 8 N–H and O–H groups in total. The monoisotopic (exact) mass is 252 g/mol. The molecule has 0 bridgehead atoms. The first kappa shape index (κ1) is 19.1. The van der Waals surface area contributed by atoms with Crippen LogP contribution in [-0.2, 0) is 0 Å². The largest absolute Gasteiger partial charge is 0.395 e. The van der Waals surface area contributed by atoms with E-state index in [1.807, 2.05) is 4.90 Å². The van der Waals surface area contributed by atoms with Crippen LogP contribution < -0.4 is 16.8 Å². The molecule has 0 aliphatic rings. The molecule has 0 heterocycles. The van der Waals surface area contributed by atoms with Gasteiger partial charge in [-0.1, -0.05) is 0 Å². The van der Waals surface area contributed by atoms with E-state index in [1.165, 1.54) is 0 Å². The molecule has 0 aromatic rings. The Hall–Kier alpha value is -0.280. The minimum Gasteiger partial charge on any atom is -0.395 e. The summed E-state index contributed by atoms with van der Waals surface area (Å²) in [6.07, 6.45) is 0. The SMILES string of the molecule is NCCN(CCO)CCO.NCCNCCO. The molecular formula is C10H28N4O3. The first-order valence-corrected chi connectivity index (χ1v) is 5.92. The van der Waals surface area contributed by atoms with Gasteiger partial charge < -0.3 is 32.1 Å². The molecule has 0 aliphatic carbocycles. The summed E-state index contributed by atoms with van der Waals surface area (Å²) in [5, 5.41) is 28.2. The predicted molar refractivity (Wildman–Crippen MR) is 68.7 cm³/mol. The van der Waals surface area contributed by atoms with Crippen molar-refractivity contribution in [2.24, 2.45) is 11.5 Å². The molecule has 0 amide bonds. The van der Waals surface area contributed by atoms with Crippen LogP contribution >= 0.6 is 0 Å². The summed E-state index contributed by atoms with van der Waals surface area (Å²) in [5.74, 6) is 0. The molecule has 7 nitrogen and oxygen atoms in total. The lowest BCUT2D eigenvalue weighted by Gasteiger charge is -2.18. The number of aliphatic hydroxyl groups is 3. The Kier molecular flexibility index (Phi) is 20.3. The third-order valence-corrected chi connectivity index (χ3v) is 1.89. The zero-order valence-corrected chi connectivity index (χ0v) is 10.5. The molecule has 17 heavy (non-hydrogen) atoms. The van der Waals surface area contributed by atoms with Gasteiger partial charge in [0.25, 0.3) is 0 Å². The number of aliphatic hydroxyl groups excluding tert-OH is 3. The number of hydrogen-bond acceptors (Lipinski definition) is 7. The van der Waals surface area contributed by atoms with Crippen LogP contribution in [0.4, 0.5) is 0 Å². The lowest BCUT2D eigenvalue weighted by Crippen LogP contribution is -2.34. The second kappa shape index (κ2) is 18.1. The van der Waals surface area contributed by atoms with Gasteiger partial charge in [0.05, 0.1) is 19.8 Å². The fourth-order valence-electron chi connectivity index (χ4n) is 1.11. The topological polar surface area (TPSA) is 128 Å². The number of rotatable bonds is 10. The maximum absolute atomic E-state index is 8.53. The minimum atomic E-state index is 0.125. The Bertz CT molecular complexity index is 112. The van der Waals surface area contributed by atoms with E-state index in [1.54, 1.807) is 0 Å². The van der Waals surface area contributed by atoms with E-state index < -0.39 is 0 Å². The van der Waals surface area contributed by atoms with Crippen molar-refractivity contribution in [2.45, 2.75) is 0 Å². The third-order valence-electron chi connectivity index (χ3n) is 1.89. The minimum absolute atomic E-state index is 0.125. The molecule has 0 saturated heterocycles. The molecule has 0 atom stereocenters. The summed E-state index contributed by atoms with van der Waals surface area (Å²) >= 11 is 0. The van der Waals surface area contributed by atoms with Crippen molar-refractivity contribution in [3.8, 4) is 0 Å². The van der Waals surface area contributed by atoms with Gasteiger partial charge in [-0.3, -0.25) is 4.90 Å². The van der Waals surface area contributed by atoms with Gasteiger partial charge in [0, 0.05) is 45.8 Å². The van der Waals surface area contributed by atoms with E-state index in [-0.39, 0.29) is 19.8 Å². The first-order valence-electron chi connectivity index (χ1n) is 5.92. The average Bonchev–Trinajstić information content (AvgIpc) is 2.32. The van der Waals surface area contributed by atoms with Gasteiger partial charge in [0.2, 0.25) is 0 Å². The Balaban J connectivity index is 0. The van der Waals surface area contributed by atoms with Crippen molar-refractivity contribution in [1.82, 2.24) is 10.2 Å². The van der Waals surface area contributed by atoms with Crippen molar-refractivity contribution < 1.29 is 15.3 Å². The van der Waals surface area contributed by atoms with Crippen molar-refractivity contribution >= 4 is 0 Å². The van der Waals surface area contributed by atoms with Crippen LogP contribution in [0, 0.1) is 0 Å². The van der Waals surface area contributed by atoms with Gasteiger partial charge >= 0.3 is 0 Å². The second-order valence-corrected chi connectivity index (χ2v) is 3.34. The van der Waals surface area contributed by atoms with E-state index in [4.69, 9.17) is 26.8 Å². The molecule has 0 aliphatic heterocycles. The first-order chi connectivity index (χ1) is 8.26. The Morgan fingerprint density at radius 2 is 1.35 bits per heavy atom. The van der Waals surface area contributed by atoms with Gasteiger partial charge in [-0.2, -0.15) is 0 Å². The number of nitrogens with two attached hydrogens (primary N) is 2. The normalized spacial score (nSPS) is 10.2. The quantitative estimate of drug-likeness (QED) is 0.225.